The van der Waals surface area contributed by atoms with E-state index in [1.807, 2.05) is 0 Å². The molecule has 0 radical (unpaired) electrons. The molecule has 18 heavy (non-hydrogen) atoms. The SMILES string of the molecule is Cc1ncc(CCl)c(-n2cc(S(C)(=O)=O)cn2)n1. The van der Waals surface area contributed by atoms with Gasteiger partial charge in [-0.05, 0) is 6.92 Å². The lowest BCUT2D eigenvalue weighted by Gasteiger charge is -2.05. The van der Waals surface area contributed by atoms with Crippen molar-refractivity contribution in [2.75, 3.05) is 6.26 Å². The Balaban J connectivity index is 2.55. The van der Waals surface area contributed by atoms with Crippen LogP contribution >= 0.6 is 11.6 Å². The van der Waals surface area contributed by atoms with Gasteiger partial charge >= 0.3 is 0 Å². The fourth-order valence-corrected chi connectivity index (χ4v) is 2.11. The lowest BCUT2D eigenvalue weighted by molar-refractivity contribution is 0.602. The third-order valence-corrected chi connectivity index (χ3v) is 3.67. The van der Waals surface area contributed by atoms with Gasteiger partial charge in [0.1, 0.15) is 10.7 Å². The fourth-order valence-electron chi connectivity index (χ4n) is 1.39. The molecule has 2 aromatic heterocycles. The largest absolute Gasteiger partial charge is 0.241 e. The normalized spacial score (nSPS) is 11.7. The summed E-state index contributed by atoms with van der Waals surface area (Å²) in [5.74, 6) is 1.28. The monoisotopic (exact) mass is 286 g/mol. The molecule has 0 saturated carbocycles. The van der Waals surface area contributed by atoms with Crippen molar-refractivity contribution in [2.45, 2.75) is 17.7 Å². The van der Waals surface area contributed by atoms with E-state index in [-0.39, 0.29) is 10.8 Å². The molecule has 8 heteroatoms. The fraction of sp³-hybridized carbons (Fsp3) is 0.300. The Morgan fingerprint density at radius 1 is 1.39 bits per heavy atom. The molecule has 0 saturated heterocycles. The molecule has 2 aromatic rings. The van der Waals surface area contributed by atoms with Crippen LogP contribution in [0.15, 0.2) is 23.5 Å². The highest BCUT2D eigenvalue weighted by molar-refractivity contribution is 7.90. The summed E-state index contributed by atoms with van der Waals surface area (Å²) in [5.41, 5.74) is 0.686. The molecule has 0 aliphatic carbocycles. The predicted octanol–water partition coefficient (Wildman–Crippen LogP) is 1.11. The minimum absolute atomic E-state index is 0.138. The van der Waals surface area contributed by atoms with Crippen LogP contribution in [0.5, 0.6) is 0 Å². The van der Waals surface area contributed by atoms with Gasteiger partial charge in [0.05, 0.1) is 18.3 Å². The maximum atomic E-state index is 11.4. The smallest absolute Gasteiger partial charge is 0.178 e. The zero-order valence-corrected chi connectivity index (χ0v) is 11.4. The van der Waals surface area contributed by atoms with E-state index in [9.17, 15) is 8.42 Å². The van der Waals surface area contributed by atoms with Crippen LogP contribution in [0, 0.1) is 6.92 Å². The molecule has 0 atom stereocenters. The van der Waals surface area contributed by atoms with Crippen LogP contribution in [0.1, 0.15) is 11.4 Å². The zero-order chi connectivity index (χ0) is 13.3. The van der Waals surface area contributed by atoms with Crippen LogP contribution in [-0.2, 0) is 15.7 Å². The van der Waals surface area contributed by atoms with Gasteiger partial charge < -0.3 is 0 Å². The van der Waals surface area contributed by atoms with E-state index in [0.29, 0.717) is 17.2 Å². The van der Waals surface area contributed by atoms with E-state index < -0.39 is 9.84 Å². The standard InChI is InChI=1S/C10H11ClN4O2S/c1-7-12-4-8(3-11)10(14-7)15-6-9(5-13-15)18(2,16)17/h4-6H,3H2,1-2H3. The summed E-state index contributed by atoms with van der Waals surface area (Å²) in [6, 6.07) is 0. The van der Waals surface area contributed by atoms with Gasteiger partial charge in [-0.15, -0.1) is 11.6 Å². The lowest BCUT2D eigenvalue weighted by Crippen LogP contribution is -2.05. The van der Waals surface area contributed by atoms with E-state index in [2.05, 4.69) is 15.1 Å². The van der Waals surface area contributed by atoms with Crippen molar-refractivity contribution in [3.63, 3.8) is 0 Å². The van der Waals surface area contributed by atoms with Crippen molar-refractivity contribution in [3.05, 3.63) is 30.0 Å². The molecule has 0 aliphatic rings. The second kappa shape index (κ2) is 4.66. The molecule has 0 bridgehead atoms. The second-order valence-electron chi connectivity index (χ2n) is 3.79. The quantitative estimate of drug-likeness (QED) is 0.790. The van der Waals surface area contributed by atoms with Gasteiger partial charge in [-0.2, -0.15) is 5.10 Å². The number of rotatable bonds is 3. The van der Waals surface area contributed by atoms with Crippen LogP contribution in [0.3, 0.4) is 0 Å². The summed E-state index contributed by atoms with van der Waals surface area (Å²) in [6.45, 7) is 1.74. The third-order valence-electron chi connectivity index (χ3n) is 2.31. The molecule has 0 spiro atoms. The first-order chi connectivity index (χ1) is 8.41. The molecular weight excluding hydrogens is 276 g/mol. The van der Waals surface area contributed by atoms with Gasteiger partial charge in [-0.25, -0.2) is 23.1 Å². The van der Waals surface area contributed by atoms with E-state index >= 15 is 0 Å². The summed E-state index contributed by atoms with van der Waals surface area (Å²) in [5, 5.41) is 3.99. The van der Waals surface area contributed by atoms with Crippen LogP contribution in [0.4, 0.5) is 0 Å². The Hall–Kier alpha value is -1.47. The zero-order valence-electron chi connectivity index (χ0n) is 9.83. The van der Waals surface area contributed by atoms with Crippen molar-refractivity contribution in [1.82, 2.24) is 19.7 Å². The number of aromatic nitrogens is 4. The average molecular weight is 287 g/mol. The number of alkyl halides is 1. The second-order valence-corrected chi connectivity index (χ2v) is 6.08. The maximum absolute atomic E-state index is 11.4. The summed E-state index contributed by atoms with van der Waals surface area (Å²) in [7, 11) is -3.28. The Bertz CT molecular complexity index is 681. The first kappa shape index (κ1) is 13.0. The highest BCUT2D eigenvalue weighted by Gasteiger charge is 2.13. The van der Waals surface area contributed by atoms with Crippen molar-refractivity contribution in [3.8, 4) is 5.82 Å². The lowest BCUT2D eigenvalue weighted by atomic mass is 10.3. The average Bonchev–Trinajstić information content (AvgIpc) is 2.77. The molecule has 6 nitrogen and oxygen atoms in total. The van der Waals surface area contributed by atoms with Gasteiger partial charge in [0.25, 0.3) is 0 Å². The molecule has 96 valence electrons. The Kier molecular flexibility index (Phi) is 3.36. The number of aryl methyl sites for hydroxylation is 1. The number of sulfone groups is 1. The summed E-state index contributed by atoms with van der Waals surface area (Å²) in [4.78, 5) is 8.39. The van der Waals surface area contributed by atoms with Gasteiger partial charge in [0.15, 0.2) is 15.7 Å². The topological polar surface area (TPSA) is 77.7 Å². The molecule has 0 aliphatic heterocycles. The van der Waals surface area contributed by atoms with Gasteiger partial charge in [0.2, 0.25) is 0 Å². The number of nitrogens with zero attached hydrogens (tertiary/aromatic N) is 4. The van der Waals surface area contributed by atoms with Crippen LogP contribution in [0.25, 0.3) is 5.82 Å². The summed E-state index contributed by atoms with van der Waals surface area (Å²) in [6.07, 6.45) is 5.42. The summed E-state index contributed by atoms with van der Waals surface area (Å²) >= 11 is 5.79. The van der Waals surface area contributed by atoms with Gasteiger partial charge in [-0.1, -0.05) is 0 Å². The maximum Gasteiger partial charge on any atom is 0.178 e. The molecule has 0 N–H and O–H groups in total. The first-order valence-corrected chi connectivity index (χ1v) is 7.48. The summed E-state index contributed by atoms with van der Waals surface area (Å²) < 4.78 is 24.2. The molecule has 2 heterocycles. The van der Waals surface area contributed by atoms with E-state index in [4.69, 9.17) is 11.6 Å². The van der Waals surface area contributed by atoms with Crippen LogP contribution in [0.2, 0.25) is 0 Å². The minimum Gasteiger partial charge on any atom is -0.241 e. The predicted molar refractivity (Wildman–Crippen MR) is 66.6 cm³/mol. The molecule has 0 unspecified atom stereocenters. The molecule has 0 amide bonds. The van der Waals surface area contributed by atoms with E-state index in [0.717, 1.165) is 6.26 Å². The molecule has 0 aromatic carbocycles. The Morgan fingerprint density at radius 3 is 2.67 bits per heavy atom. The van der Waals surface area contributed by atoms with Gasteiger partial charge in [-0.3, -0.25) is 0 Å². The van der Waals surface area contributed by atoms with Gasteiger partial charge in [0, 0.05) is 18.0 Å². The molecule has 2 rings (SSSR count). The van der Waals surface area contributed by atoms with Crippen molar-refractivity contribution in [1.29, 1.82) is 0 Å². The highest BCUT2D eigenvalue weighted by atomic mass is 35.5. The van der Waals surface area contributed by atoms with Crippen molar-refractivity contribution >= 4 is 21.4 Å². The number of halogens is 1. The Morgan fingerprint density at radius 2 is 2.11 bits per heavy atom. The highest BCUT2D eigenvalue weighted by Crippen LogP contribution is 2.15. The first-order valence-electron chi connectivity index (χ1n) is 5.05. The molecule has 0 fully saturated rings. The minimum atomic E-state index is -3.28. The van der Waals surface area contributed by atoms with Crippen LogP contribution in [-0.4, -0.2) is 34.4 Å². The number of hydrogen-bond acceptors (Lipinski definition) is 5. The number of hydrogen-bond donors (Lipinski definition) is 0. The van der Waals surface area contributed by atoms with Crippen molar-refractivity contribution in [2.24, 2.45) is 0 Å². The van der Waals surface area contributed by atoms with Crippen LogP contribution < -0.4 is 0 Å². The van der Waals surface area contributed by atoms with E-state index in [1.165, 1.54) is 17.1 Å². The Labute approximate surface area is 110 Å². The molecular formula is C10H11ClN4O2S. The van der Waals surface area contributed by atoms with E-state index in [1.54, 1.807) is 13.1 Å². The third kappa shape index (κ3) is 2.51. The van der Waals surface area contributed by atoms with Crippen molar-refractivity contribution < 1.29 is 8.42 Å².